The average Bonchev–Trinajstić information content (AvgIpc) is 2.06. The summed E-state index contributed by atoms with van der Waals surface area (Å²) < 4.78 is 0.00260. The minimum absolute atomic E-state index is 0.00260. The van der Waals surface area contributed by atoms with Crippen LogP contribution in [0.2, 0.25) is 0 Å². The van der Waals surface area contributed by atoms with Gasteiger partial charge < -0.3 is 5.32 Å². The number of nitrogens with one attached hydrogen (secondary N) is 1. The molecule has 1 aromatic rings. The van der Waals surface area contributed by atoms with E-state index in [1.165, 1.54) is 0 Å². The van der Waals surface area contributed by atoms with Gasteiger partial charge in [-0.2, -0.15) is 0 Å². The van der Waals surface area contributed by atoms with Crippen LogP contribution in [-0.4, -0.2) is 9.83 Å². The van der Waals surface area contributed by atoms with Gasteiger partial charge in [0.05, 0.1) is 3.92 Å². The lowest BCUT2D eigenvalue weighted by Crippen LogP contribution is -2.19. The Balaban J connectivity index is 2.59. The minimum Gasteiger partial charge on any atom is -0.325 e. The fourth-order valence-electron chi connectivity index (χ4n) is 0.763. The van der Waals surface area contributed by atoms with Crippen molar-refractivity contribution in [2.75, 3.05) is 5.32 Å². The number of rotatable bonds is 2. The highest BCUT2D eigenvalue weighted by Crippen LogP contribution is 2.07. The smallest absolute Gasteiger partial charge is 0.237 e. The molecule has 1 aromatic carbocycles. The van der Waals surface area contributed by atoms with Crippen LogP contribution in [0, 0.1) is 0 Å². The predicted octanol–water partition coefficient (Wildman–Crippen LogP) is 2.45. The number of halogens is 1. The molecule has 2 nitrogen and oxygen atoms in total. The van der Waals surface area contributed by atoms with Gasteiger partial charge in [0, 0.05) is 5.69 Å². The molecule has 0 heterocycles. The van der Waals surface area contributed by atoms with Crippen LogP contribution in [0.3, 0.4) is 0 Å². The van der Waals surface area contributed by atoms with Gasteiger partial charge in [0.15, 0.2) is 0 Å². The van der Waals surface area contributed by atoms with Crippen molar-refractivity contribution in [1.82, 2.24) is 0 Å². The van der Waals surface area contributed by atoms with Crippen LogP contribution in [-0.2, 0) is 4.79 Å². The van der Waals surface area contributed by atoms with E-state index in [-0.39, 0.29) is 9.83 Å². The second kappa shape index (κ2) is 4.45. The number of para-hydroxylation sites is 1. The normalized spacial score (nSPS) is 12.2. The SMILES string of the molecule is C[C@@H](I)C(=O)Nc1ccccc1. The topological polar surface area (TPSA) is 29.1 Å². The lowest BCUT2D eigenvalue weighted by molar-refractivity contribution is -0.115. The van der Waals surface area contributed by atoms with Crippen LogP contribution < -0.4 is 5.32 Å². The molecule has 1 N–H and O–H groups in total. The molecule has 0 aromatic heterocycles. The summed E-state index contributed by atoms with van der Waals surface area (Å²) in [5.41, 5.74) is 0.853. The molecule has 0 unspecified atom stereocenters. The van der Waals surface area contributed by atoms with E-state index in [1.807, 2.05) is 37.3 Å². The van der Waals surface area contributed by atoms with Crippen molar-refractivity contribution < 1.29 is 4.79 Å². The van der Waals surface area contributed by atoms with Gasteiger partial charge in [0.2, 0.25) is 5.91 Å². The van der Waals surface area contributed by atoms with Crippen LogP contribution in [0.5, 0.6) is 0 Å². The zero-order valence-electron chi connectivity index (χ0n) is 6.75. The van der Waals surface area contributed by atoms with Gasteiger partial charge in [-0.1, -0.05) is 40.8 Å². The second-order valence-corrected chi connectivity index (χ2v) is 4.34. The highest BCUT2D eigenvalue weighted by Gasteiger charge is 2.07. The molecule has 0 aliphatic carbocycles. The third-order valence-corrected chi connectivity index (χ3v) is 1.97. The molecule has 1 rings (SSSR count). The van der Waals surface area contributed by atoms with Crippen molar-refractivity contribution in [3.63, 3.8) is 0 Å². The van der Waals surface area contributed by atoms with Gasteiger partial charge in [0.1, 0.15) is 0 Å². The van der Waals surface area contributed by atoms with Crippen molar-refractivity contribution in [2.24, 2.45) is 0 Å². The highest BCUT2D eigenvalue weighted by atomic mass is 127. The van der Waals surface area contributed by atoms with Gasteiger partial charge in [0.25, 0.3) is 0 Å². The Kier molecular flexibility index (Phi) is 3.52. The van der Waals surface area contributed by atoms with Gasteiger partial charge in [-0.15, -0.1) is 0 Å². The second-order valence-electron chi connectivity index (χ2n) is 2.47. The Bertz CT molecular complexity index is 258. The zero-order chi connectivity index (χ0) is 8.97. The summed E-state index contributed by atoms with van der Waals surface area (Å²) in [4.78, 5) is 11.2. The minimum atomic E-state index is 0.00260. The molecular weight excluding hydrogens is 265 g/mol. The Hall–Kier alpha value is -0.580. The molecule has 0 saturated heterocycles. The van der Waals surface area contributed by atoms with Gasteiger partial charge in [-0.3, -0.25) is 4.79 Å². The fraction of sp³-hybridized carbons (Fsp3) is 0.222. The van der Waals surface area contributed by atoms with Gasteiger partial charge in [-0.25, -0.2) is 0 Å². The molecule has 0 radical (unpaired) electrons. The molecule has 1 atom stereocenters. The first-order chi connectivity index (χ1) is 5.70. The molecule has 0 fully saturated rings. The summed E-state index contributed by atoms with van der Waals surface area (Å²) in [5, 5.41) is 2.79. The number of hydrogen-bond donors (Lipinski definition) is 1. The quantitative estimate of drug-likeness (QED) is 0.652. The predicted molar refractivity (Wildman–Crippen MR) is 58.6 cm³/mol. The third kappa shape index (κ3) is 2.81. The summed E-state index contributed by atoms with van der Waals surface area (Å²) in [7, 11) is 0. The summed E-state index contributed by atoms with van der Waals surface area (Å²) >= 11 is 2.08. The van der Waals surface area contributed by atoms with Crippen LogP contribution in [0.15, 0.2) is 30.3 Å². The summed E-state index contributed by atoms with van der Waals surface area (Å²) in [6.45, 7) is 1.86. The first kappa shape index (κ1) is 9.51. The average molecular weight is 275 g/mol. The zero-order valence-corrected chi connectivity index (χ0v) is 8.91. The fourth-order valence-corrected chi connectivity index (χ4v) is 0.919. The number of benzene rings is 1. The van der Waals surface area contributed by atoms with Gasteiger partial charge in [-0.05, 0) is 19.1 Å². The molecule has 0 aliphatic heterocycles. The van der Waals surface area contributed by atoms with Crippen LogP contribution in [0.25, 0.3) is 0 Å². The first-order valence-electron chi connectivity index (χ1n) is 3.70. The standard InChI is InChI=1S/C9H10INO/c1-7(10)9(12)11-8-5-3-2-4-6-8/h2-7H,1H3,(H,11,12)/t7-/m1/s1. The molecule has 1 amide bonds. The number of amides is 1. The van der Waals surface area contributed by atoms with E-state index < -0.39 is 0 Å². The summed E-state index contributed by atoms with van der Waals surface area (Å²) in [5.74, 6) is 0.0433. The van der Waals surface area contributed by atoms with Crippen LogP contribution in [0.4, 0.5) is 5.69 Å². The van der Waals surface area contributed by atoms with E-state index in [0.29, 0.717) is 0 Å². The first-order valence-corrected chi connectivity index (χ1v) is 4.94. The summed E-state index contributed by atoms with van der Waals surface area (Å²) in [6.07, 6.45) is 0. The van der Waals surface area contributed by atoms with E-state index in [4.69, 9.17) is 0 Å². The highest BCUT2D eigenvalue weighted by molar-refractivity contribution is 14.1. The number of carbonyl (C=O) groups excluding carboxylic acids is 1. The molecule has 0 spiro atoms. The van der Waals surface area contributed by atoms with Crippen molar-refractivity contribution in [2.45, 2.75) is 10.8 Å². The van der Waals surface area contributed by atoms with Crippen molar-refractivity contribution >= 4 is 34.2 Å². The number of hydrogen-bond acceptors (Lipinski definition) is 1. The van der Waals surface area contributed by atoms with Crippen molar-refractivity contribution in [3.05, 3.63) is 30.3 Å². The maximum atomic E-state index is 11.2. The number of carbonyl (C=O) groups is 1. The Morgan fingerprint density at radius 3 is 2.50 bits per heavy atom. The lowest BCUT2D eigenvalue weighted by Gasteiger charge is -2.05. The van der Waals surface area contributed by atoms with E-state index in [1.54, 1.807) is 0 Å². The van der Waals surface area contributed by atoms with Crippen molar-refractivity contribution in [3.8, 4) is 0 Å². The molecular formula is C9H10INO. The summed E-state index contributed by atoms with van der Waals surface area (Å²) in [6, 6.07) is 9.46. The maximum Gasteiger partial charge on any atom is 0.237 e. The Morgan fingerprint density at radius 1 is 1.42 bits per heavy atom. The Morgan fingerprint density at radius 2 is 2.00 bits per heavy atom. The Labute approximate surface area is 85.5 Å². The monoisotopic (exact) mass is 275 g/mol. The van der Waals surface area contributed by atoms with Crippen LogP contribution in [0.1, 0.15) is 6.92 Å². The third-order valence-electron chi connectivity index (χ3n) is 1.40. The van der Waals surface area contributed by atoms with E-state index in [9.17, 15) is 4.79 Å². The molecule has 0 bridgehead atoms. The molecule has 64 valence electrons. The molecule has 0 aliphatic rings. The van der Waals surface area contributed by atoms with Crippen molar-refractivity contribution in [1.29, 1.82) is 0 Å². The largest absolute Gasteiger partial charge is 0.325 e. The molecule has 0 saturated carbocycles. The number of alkyl halides is 1. The van der Waals surface area contributed by atoms with E-state index in [0.717, 1.165) is 5.69 Å². The van der Waals surface area contributed by atoms with Gasteiger partial charge >= 0.3 is 0 Å². The van der Waals surface area contributed by atoms with E-state index in [2.05, 4.69) is 27.9 Å². The lowest BCUT2D eigenvalue weighted by atomic mass is 10.3. The number of anilines is 1. The molecule has 3 heteroatoms. The maximum absolute atomic E-state index is 11.2. The van der Waals surface area contributed by atoms with E-state index >= 15 is 0 Å². The van der Waals surface area contributed by atoms with Crippen LogP contribution >= 0.6 is 22.6 Å². The molecule has 12 heavy (non-hydrogen) atoms.